The van der Waals surface area contributed by atoms with Crippen molar-refractivity contribution in [3.8, 4) is 0 Å². The van der Waals surface area contributed by atoms with E-state index in [0.29, 0.717) is 37.4 Å². The van der Waals surface area contributed by atoms with Crippen molar-refractivity contribution in [3.05, 3.63) is 24.3 Å². The van der Waals surface area contributed by atoms with Gasteiger partial charge in [-0.2, -0.15) is 0 Å². The van der Waals surface area contributed by atoms with Crippen molar-refractivity contribution in [2.75, 3.05) is 35.6 Å². The Morgan fingerprint density at radius 2 is 1.75 bits per heavy atom. The van der Waals surface area contributed by atoms with Crippen molar-refractivity contribution < 1.29 is 17.9 Å². The highest BCUT2D eigenvalue weighted by molar-refractivity contribution is 7.92. The SMILES string of the molecule is CCS(=O)(=O)Nc1ccc(NC(=O)C2(CN)CCOCC2)cc1.Cl. The van der Waals surface area contributed by atoms with Crippen LogP contribution in [0.1, 0.15) is 19.8 Å². The van der Waals surface area contributed by atoms with Crippen LogP contribution in [0.2, 0.25) is 0 Å². The van der Waals surface area contributed by atoms with Gasteiger partial charge in [0.2, 0.25) is 15.9 Å². The maximum absolute atomic E-state index is 12.5. The van der Waals surface area contributed by atoms with E-state index in [1.54, 1.807) is 31.2 Å². The molecule has 0 spiro atoms. The molecule has 0 aromatic heterocycles. The molecule has 7 nitrogen and oxygen atoms in total. The van der Waals surface area contributed by atoms with Gasteiger partial charge in [-0.15, -0.1) is 12.4 Å². The first kappa shape index (κ1) is 20.7. The normalized spacial score (nSPS) is 16.8. The highest BCUT2D eigenvalue weighted by Crippen LogP contribution is 2.31. The summed E-state index contributed by atoms with van der Waals surface area (Å²) in [6.45, 7) is 2.90. The summed E-state index contributed by atoms with van der Waals surface area (Å²) < 4.78 is 30.8. The van der Waals surface area contributed by atoms with Crippen LogP contribution in [-0.4, -0.2) is 39.8 Å². The van der Waals surface area contributed by atoms with Crippen LogP contribution in [-0.2, 0) is 19.6 Å². The van der Waals surface area contributed by atoms with Crippen molar-refractivity contribution >= 4 is 39.7 Å². The fourth-order valence-electron chi connectivity index (χ4n) is 2.42. The monoisotopic (exact) mass is 377 g/mol. The third-order valence-corrected chi connectivity index (χ3v) is 5.43. The molecule has 0 bridgehead atoms. The number of benzene rings is 1. The lowest BCUT2D eigenvalue weighted by Gasteiger charge is -2.34. The van der Waals surface area contributed by atoms with Gasteiger partial charge in [0.15, 0.2) is 0 Å². The lowest BCUT2D eigenvalue weighted by molar-refractivity contribution is -0.130. The van der Waals surface area contributed by atoms with Crippen LogP contribution in [0, 0.1) is 5.41 Å². The van der Waals surface area contributed by atoms with E-state index >= 15 is 0 Å². The standard InChI is InChI=1S/C15H23N3O4S.ClH/c1-2-23(20,21)18-13-5-3-12(4-6-13)17-14(19)15(11-16)7-9-22-10-8-15;/h3-6,18H,2,7-11,16H2,1H3,(H,17,19);1H. The minimum Gasteiger partial charge on any atom is -0.381 e. The minimum absolute atomic E-state index is 0. The van der Waals surface area contributed by atoms with Gasteiger partial charge in [0.05, 0.1) is 11.2 Å². The van der Waals surface area contributed by atoms with Gasteiger partial charge in [0, 0.05) is 31.1 Å². The second kappa shape index (κ2) is 8.66. The molecule has 1 aromatic carbocycles. The number of nitrogens with one attached hydrogen (secondary N) is 2. The van der Waals surface area contributed by atoms with E-state index in [9.17, 15) is 13.2 Å². The zero-order valence-electron chi connectivity index (χ0n) is 13.6. The Morgan fingerprint density at radius 3 is 2.25 bits per heavy atom. The maximum atomic E-state index is 12.5. The van der Waals surface area contributed by atoms with E-state index in [2.05, 4.69) is 10.0 Å². The first-order valence-corrected chi connectivity index (χ1v) is 9.26. The molecule has 1 fully saturated rings. The number of carbonyl (C=O) groups is 1. The van der Waals surface area contributed by atoms with Crippen LogP contribution in [0.3, 0.4) is 0 Å². The number of ether oxygens (including phenoxy) is 1. The molecule has 1 saturated heterocycles. The Hall–Kier alpha value is -1.35. The van der Waals surface area contributed by atoms with Crippen molar-refractivity contribution in [2.45, 2.75) is 19.8 Å². The molecule has 9 heteroatoms. The molecular weight excluding hydrogens is 354 g/mol. The summed E-state index contributed by atoms with van der Waals surface area (Å²) in [5.74, 6) is -0.114. The molecule has 0 aliphatic carbocycles. The molecule has 0 saturated carbocycles. The summed E-state index contributed by atoms with van der Waals surface area (Å²) in [4.78, 5) is 12.5. The van der Waals surface area contributed by atoms with Crippen molar-refractivity contribution in [1.82, 2.24) is 0 Å². The van der Waals surface area contributed by atoms with Gasteiger partial charge in [-0.25, -0.2) is 8.42 Å². The average Bonchev–Trinajstić information content (AvgIpc) is 2.57. The number of hydrogen-bond donors (Lipinski definition) is 3. The van der Waals surface area contributed by atoms with Crippen molar-refractivity contribution in [1.29, 1.82) is 0 Å². The van der Waals surface area contributed by atoms with E-state index in [1.165, 1.54) is 0 Å². The second-order valence-electron chi connectivity index (χ2n) is 5.63. The Balaban J connectivity index is 0.00000288. The van der Waals surface area contributed by atoms with Crippen LogP contribution < -0.4 is 15.8 Å². The molecule has 0 unspecified atom stereocenters. The third kappa shape index (κ3) is 5.07. The average molecular weight is 378 g/mol. The minimum atomic E-state index is -3.31. The second-order valence-corrected chi connectivity index (χ2v) is 7.64. The summed E-state index contributed by atoms with van der Waals surface area (Å²) >= 11 is 0. The van der Waals surface area contributed by atoms with E-state index in [4.69, 9.17) is 10.5 Å². The molecule has 1 aromatic rings. The van der Waals surface area contributed by atoms with E-state index in [1.807, 2.05) is 0 Å². The van der Waals surface area contributed by atoms with E-state index in [-0.39, 0.29) is 30.6 Å². The van der Waals surface area contributed by atoms with Crippen LogP contribution in [0.5, 0.6) is 0 Å². The number of rotatable bonds is 6. The molecule has 0 atom stereocenters. The molecular formula is C15H24ClN3O4S. The summed E-state index contributed by atoms with van der Waals surface area (Å²) in [5, 5.41) is 2.86. The Bertz CT molecular complexity index is 643. The molecule has 1 aliphatic rings. The first-order valence-electron chi connectivity index (χ1n) is 7.60. The number of carbonyl (C=O) groups excluding carboxylic acids is 1. The Labute approximate surface area is 148 Å². The van der Waals surface area contributed by atoms with Gasteiger partial charge in [0.1, 0.15) is 0 Å². The van der Waals surface area contributed by atoms with Gasteiger partial charge in [-0.3, -0.25) is 9.52 Å². The number of nitrogens with two attached hydrogens (primary N) is 1. The van der Waals surface area contributed by atoms with Gasteiger partial charge >= 0.3 is 0 Å². The molecule has 0 radical (unpaired) electrons. The molecule has 1 heterocycles. The predicted molar refractivity (Wildman–Crippen MR) is 96.9 cm³/mol. The smallest absolute Gasteiger partial charge is 0.232 e. The lowest BCUT2D eigenvalue weighted by atomic mass is 9.79. The molecule has 1 aliphatic heterocycles. The molecule has 2 rings (SSSR count). The number of hydrogen-bond acceptors (Lipinski definition) is 5. The third-order valence-electron chi connectivity index (χ3n) is 4.12. The van der Waals surface area contributed by atoms with Crippen LogP contribution in [0.25, 0.3) is 0 Å². The summed E-state index contributed by atoms with van der Waals surface area (Å²) in [5.41, 5.74) is 6.28. The molecule has 1 amide bonds. The fraction of sp³-hybridized carbons (Fsp3) is 0.533. The lowest BCUT2D eigenvalue weighted by Crippen LogP contribution is -2.46. The maximum Gasteiger partial charge on any atom is 0.232 e. The van der Waals surface area contributed by atoms with Gasteiger partial charge < -0.3 is 15.8 Å². The van der Waals surface area contributed by atoms with Gasteiger partial charge in [0.25, 0.3) is 0 Å². The predicted octanol–water partition coefficient (Wildman–Crippen LogP) is 1.56. The first-order chi connectivity index (χ1) is 10.9. The summed E-state index contributed by atoms with van der Waals surface area (Å²) in [6.07, 6.45) is 1.20. The van der Waals surface area contributed by atoms with E-state index < -0.39 is 15.4 Å². The number of sulfonamides is 1. The molecule has 4 N–H and O–H groups in total. The zero-order valence-corrected chi connectivity index (χ0v) is 15.2. The number of halogens is 1. The van der Waals surface area contributed by atoms with Crippen molar-refractivity contribution in [3.63, 3.8) is 0 Å². The Kier molecular flexibility index (Phi) is 7.47. The summed E-state index contributed by atoms with van der Waals surface area (Å²) in [7, 11) is -3.31. The number of amides is 1. The quantitative estimate of drug-likeness (QED) is 0.696. The summed E-state index contributed by atoms with van der Waals surface area (Å²) in [6, 6.07) is 6.55. The van der Waals surface area contributed by atoms with Gasteiger partial charge in [-0.1, -0.05) is 0 Å². The topological polar surface area (TPSA) is 111 Å². The van der Waals surface area contributed by atoms with E-state index in [0.717, 1.165) is 0 Å². The number of anilines is 2. The highest BCUT2D eigenvalue weighted by atomic mass is 35.5. The largest absolute Gasteiger partial charge is 0.381 e. The van der Waals surface area contributed by atoms with Crippen LogP contribution >= 0.6 is 12.4 Å². The van der Waals surface area contributed by atoms with Crippen LogP contribution in [0.15, 0.2) is 24.3 Å². The molecule has 24 heavy (non-hydrogen) atoms. The highest BCUT2D eigenvalue weighted by Gasteiger charge is 2.38. The van der Waals surface area contributed by atoms with Crippen molar-refractivity contribution in [2.24, 2.45) is 11.1 Å². The Morgan fingerprint density at radius 1 is 1.21 bits per heavy atom. The zero-order chi connectivity index (χ0) is 16.9. The van der Waals surface area contributed by atoms with Crippen LogP contribution in [0.4, 0.5) is 11.4 Å². The van der Waals surface area contributed by atoms with Gasteiger partial charge in [-0.05, 0) is 44.0 Å². The molecule has 136 valence electrons. The fourth-order valence-corrected chi connectivity index (χ4v) is 3.06.